The second kappa shape index (κ2) is 10.8. The van der Waals surface area contributed by atoms with Gasteiger partial charge in [0.2, 0.25) is 5.91 Å². The van der Waals surface area contributed by atoms with Crippen molar-refractivity contribution in [2.75, 3.05) is 18.5 Å². The molecule has 0 saturated carbocycles. The molecule has 2 aromatic carbocycles. The largest absolute Gasteiger partial charge is 0.494 e. The molecule has 0 fully saturated rings. The zero-order chi connectivity index (χ0) is 21.3. The Hall–Kier alpha value is -2.89. The van der Waals surface area contributed by atoms with Crippen molar-refractivity contribution in [1.82, 2.24) is 0 Å². The van der Waals surface area contributed by atoms with Gasteiger partial charge in [-0.25, -0.2) is 0 Å². The SMILES string of the molecule is CC1CC=CC=C1c1ccc(CCCOc2ccc(NC(=O)[C@@H](N)CO)cc2)cc1. The van der Waals surface area contributed by atoms with Crippen LogP contribution in [0.4, 0.5) is 5.69 Å². The number of rotatable bonds is 9. The number of benzene rings is 2. The highest BCUT2D eigenvalue weighted by molar-refractivity contribution is 5.94. The summed E-state index contributed by atoms with van der Waals surface area (Å²) in [6.45, 7) is 2.50. The van der Waals surface area contributed by atoms with Crippen LogP contribution in [0.25, 0.3) is 5.57 Å². The van der Waals surface area contributed by atoms with Crippen molar-refractivity contribution in [2.24, 2.45) is 11.7 Å². The van der Waals surface area contributed by atoms with Crippen molar-refractivity contribution in [2.45, 2.75) is 32.2 Å². The van der Waals surface area contributed by atoms with Gasteiger partial charge in [0.25, 0.3) is 0 Å². The van der Waals surface area contributed by atoms with Gasteiger partial charge in [0.05, 0.1) is 13.2 Å². The van der Waals surface area contributed by atoms with E-state index in [0.717, 1.165) is 25.0 Å². The molecule has 5 nitrogen and oxygen atoms in total. The molecule has 1 unspecified atom stereocenters. The number of aliphatic hydroxyl groups excluding tert-OH is 1. The maximum Gasteiger partial charge on any atom is 0.243 e. The molecule has 2 atom stereocenters. The Bertz CT molecular complexity index is 886. The smallest absolute Gasteiger partial charge is 0.243 e. The van der Waals surface area contributed by atoms with Crippen LogP contribution in [0.1, 0.15) is 30.9 Å². The molecule has 0 aromatic heterocycles. The van der Waals surface area contributed by atoms with Crippen LogP contribution in [0.2, 0.25) is 0 Å². The summed E-state index contributed by atoms with van der Waals surface area (Å²) in [4.78, 5) is 11.7. The van der Waals surface area contributed by atoms with Crippen molar-refractivity contribution in [1.29, 1.82) is 0 Å². The standard InChI is InChI=1S/C25H30N2O3/c1-18-5-2-3-7-23(18)20-10-8-19(9-11-20)6-4-16-30-22-14-12-21(13-15-22)27-25(29)24(26)17-28/h2-3,7-15,18,24,28H,4-6,16-17,26H2,1H3,(H,27,29)/t18?,24-/m0/s1. The van der Waals surface area contributed by atoms with E-state index in [9.17, 15) is 4.79 Å². The molecule has 0 saturated heterocycles. The number of allylic oxidation sites excluding steroid dienone is 4. The van der Waals surface area contributed by atoms with E-state index in [-0.39, 0.29) is 6.61 Å². The molecule has 1 aliphatic carbocycles. The second-order valence-electron chi connectivity index (χ2n) is 7.64. The molecule has 0 radical (unpaired) electrons. The van der Waals surface area contributed by atoms with Crippen LogP contribution in [0.5, 0.6) is 5.75 Å². The molecule has 5 heteroatoms. The fraction of sp³-hybridized carbons (Fsp3) is 0.320. The first-order chi connectivity index (χ1) is 14.6. The summed E-state index contributed by atoms with van der Waals surface area (Å²) in [7, 11) is 0. The van der Waals surface area contributed by atoms with E-state index in [0.29, 0.717) is 18.2 Å². The molecular formula is C25H30N2O3. The van der Waals surface area contributed by atoms with Gasteiger partial charge in [0.15, 0.2) is 0 Å². The Kier molecular flexibility index (Phi) is 7.82. The van der Waals surface area contributed by atoms with Crippen LogP contribution in [-0.4, -0.2) is 30.3 Å². The first-order valence-electron chi connectivity index (χ1n) is 10.4. The summed E-state index contributed by atoms with van der Waals surface area (Å²) >= 11 is 0. The number of aliphatic hydroxyl groups is 1. The minimum absolute atomic E-state index is 0.385. The number of amides is 1. The van der Waals surface area contributed by atoms with Gasteiger partial charge in [0, 0.05) is 5.69 Å². The molecular weight excluding hydrogens is 376 g/mol. The van der Waals surface area contributed by atoms with Crippen LogP contribution in [0.15, 0.2) is 66.8 Å². The molecule has 1 amide bonds. The number of carbonyl (C=O) groups excluding carboxylic acids is 1. The van der Waals surface area contributed by atoms with E-state index in [4.69, 9.17) is 15.6 Å². The molecule has 0 aliphatic heterocycles. The summed E-state index contributed by atoms with van der Waals surface area (Å²) in [5.74, 6) is 0.907. The number of ether oxygens (including phenoxy) is 1. The highest BCUT2D eigenvalue weighted by Gasteiger charge is 2.12. The lowest BCUT2D eigenvalue weighted by atomic mass is 9.88. The van der Waals surface area contributed by atoms with E-state index in [1.807, 2.05) is 12.1 Å². The summed E-state index contributed by atoms with van der Waals surface area (Å²) in [6, 6.07) is 15.0. The third-order valence-electron chi connectivity index (χ3n) is 5.25. The topological polar surface area (TPSA) is 84.6 Å². The lowest BCUT2D eigenvalue weighted by Gasteiger charge is -2.17. The van der Waals surface area contributed by atoms with Crippen LogP contribution >= 0.6 is 0 Å². The maximum absolute atomic E-state index is 11.7. The number of aryl methyl sites for hydroxylation is 1. The average Bonchev–Trinajstić information content (AvgIpc) is 2.78. The molecule has 0 bridgehead atoms. The third kappa shape index (κ3) is 6.05. The van der Waals surface area contributed by atoms with E-state index >= 15 is 0 Å². The first kappa shape index (κ1) is 21.8. The summed E-state index contributed by atoms with van der Waals surface area (Å²) in [5.41, 5.74) is 10.1. The molecule has 30 heavy (non-hydrogen) atoms. The number of nitrogens with two attached hydrogens (primary N) is 1. The van der Waals surface area contributed by atoms with Crippen molar-refractivity contribution in [3.8, 4) is 5.75 Å². The number of carbonyl (C=O) groups is 1. The third-order valence-corrected chi connectivity index (χ3v) is 5.25. The highest BCUT2D eigenvalue weighted by atomic mass is 16.5. The second-order valence-corrected chi connectivity index (χ2v) is 7.64. The number of nitrogens with one attached hydrogen (secondary N) is 1. The van der Waals surface area contributed by atoms with Crippen LogP contribution in [-0.2, 0) is 11.2 Å². The lowest BCUT2D eigenvalue weighted by molar-refractivity contribution is -0.118. The first-order valence-corrected chi connectivity index (χ1v) is 10.4. The van der Waals surface area contributed by atoms with E-state index < -0.39 is 11.9 Å². The van der Waals surface area contributed by atoms with Gasteiger partial charge in [-0.05, 0) is 66.1 Å². The van der Waals surface area contributed by atoms with Crippen molar-refractivity contribution >= 4 is 17.2 Å². The minimum atomic E-state index is -0.922. The van der Waals surface area contributed by atoms with Gasteiger partial charge in [0.1, 0.15) is 11.8 Å². The predicted octanol–water partition coefficient (Wildman–Crippen LogP) is 3.94. The van der Waals surface area contributed by atoms with E-state index in [2.05, 4.69) is 54.7 Å². The predicted molar refractivity (Wildman–Crippen MR) is 121 cm³/mol. The Morgan fingerprint density at radius 3 is 2.60 bits per heavy atom. The van der Waals surface area contributed by atoms with Crippen molar-refractivity contribution in [3.63, 3.8) is 0 Å². The minimum Gasteiger partial charge on any atom is -0.494 e. The quantitative estimate of drug-likeness (QED) is 0.551. The molecule has 0 heterocycles. The number of hydrogen-bond donors (Lipinski definition) is 3. The number of anilines is 1. The van der Waals surface area contributed by atoms with Crippen LogP contribution in [0, 0.1) is 5.92 Å². The number of hydrogen-bond acceptors (Lipinski definition) is 4. The Morgan fingerprint density at radius 1 is 1.20 bits per heavy atom. The highest BCUT2D eigenvalue weighted by Crippen LogP contribution is 2.29. The molecule has 1 aliphatic rings. The summed E-state index contributed by atoms with van der Waals surface area (Å²) in [5, 5.41) is 11.6. The van der Waals surface area contributed by atoms with Gasteiger partial charge in [-0.3, -0.25) is 4.79 Å². The fourth-order valence-corrected chi connectivity index (χ4v) is 3.41. The molecule has 158 valence electrons. The normalized spacial score (nSPS) is 16.6. The van der Waals surface area contributed by atoms with Crippen LogP contribution in [0.3, 0.4) is 0 Å². The van der Waals surface area contributed by atoms with Gasteiger partial charge in [-0.2, -0.15) is 0 Å². The molecule has 2 aromatic rings. The summed E-state index contributed by atoms with van der Waals surface area (Å²) < 4.78 is 5.80. The van der Waals surface area contributed by atoms with Crippen molar-refractivity contribution in [3.05, 3.63) is 77.9 Å². The van der Waals surface area contributed by atoms with Crippen LogP contribution < -0.4 is 15.8 Å². The van der Waals surface area contributed by atoms with Crippen molar-refractivity contribution < 1.29 is 14.6 Å². The van der Waals surface area contributed by atoms with Gasteiger partial charge >= 0.3 is 0 Å². The van der Waals surface area contributed by atoms with Gasteiger partial charge < -0.3 is 20.9 Å². The Labute approximate surface area is 178 Å². The van der Waals surface area contributed by atoms with E-state index in [1.165, 1.54) is 16.7 Å². The zero-order valence-electron chi connectivity index (χ0n) is 17.4. The fourth-order valence-electron chi connectivity index (χ4n) is 3.41. The molecule has 0 spiro atoms. The Morgan fingerprint density at radius 2 is 1.93 bits per heavy atom. The molecule has 4 N–H and O–H groups in total. The monoisotopic (exact) mass is 406 g/mol. The Balaban J connectivity index is 1.42. The van der Waals surface area contributed by atoms with Gasteiger partial charge in [-0.1, -0.05) is 49.4 Å². The average molecular weight is 407 g/mol. The van der Waals surface area contributed by atoms with E-state index in [1.54, 1.807) is 12.1 Å². The molecule has 3 rings (SSSR count). The maximum atomic E-state index is 11.7. The zero-order valence-corrected chi connectivity index (χ0v) is 17.4. The lowest BCUT2D eigenvalue weighted by Crippen LogP contribution is -2.38. The summed E-state index contributed by atoms with van der Waals surface area (Å²) in [6.07, 6.45) is 9.57. The van der Waals surface area contributed by atoms with Gasteiger partial charge in [-0.15, -0.1) is 0 Å².